The Balaban J connectivity index is 2.04. The van der Waals surface area contributed by atoms with Gasteiger partial charge in [-0.1, -0.05) is 29.8 Å². The minimum Gasteiger partial charge on any atom is -0.469 e. The van der Waals surface area contributed by atoms with Crippen LogP contribution in [0, 0.1) is 13.8 Å². The van der Waals surface area contributed by atoms with Crippen LogP contribution in [0.1, 0.15) is 28.9 Å². The lowest BCUT2D eigenvalue weighted by Crippen LogP contribution is -2.24. The normalized spacial score (nSPS) is 10.9. The van der Waals surface area contributed by atoms with Gasteiger partial charge in [-0.2, -0.15) is 5.10 Å². The summed E-state index contributed by atoms with van der Waals surface area (Å²) in [7, 11) is 1.32. The second-order valence-electron chi connectivity index (χ2n) is 5.78. The van der Waals surface area contributed by atoms with Gasteiger partial charge in [0.25, 0.3) is 0 Å². The summed E-state index contributed by atoms with van der Waals surface area (Å²) >= 11 is 6.22. The summed E-state index contributed by atoms with van der Waals surface area (Å²) in [4.78, 5) is 22.9. The minimum absolute atomic E-state index is 0.143. The Morgan fingerprint density at radius 3 is 2.73 bits per heavy atom. The average Bonchev–Trinajstić information content (AvgIpc) is 2.88. The lowest BCUT2D eigenvalue weighted by atomic mass is 10.1. The molecule has 0 saturated heterocycles. The monoisotopic (exact) mass is 375 g/mol. The molecule has 0 bridgehead atoms. The minimum atomic E-state index is -0.359. The van der Waals surface area contributed by atoms with Gasteiger partial charge in [-0.25, -0.2) is 0 Å². The molecule has 1 heterocycles. The third-order valence-corrected chi connectivity index (χ3v) is 4.34. The van der Waals surface area contributed by atoms with Crippen molar-refractivity contribution >= 4 is 29.6 Å². The molecule has 0 aliphatic carbocycles. The van der Waals surface area contributed by atoms with Crippen LogP contribution in [0.5, 0.6) is 0 Å². The second kappa shape index (κ2) is 9.20. The molecule has 0 radical (unpaired) electrons. The molecule has 0 saturated carbocycles. The molecule has 1 amide bonds. The van der Waals surface area contributed by atoms with Crippen molar-refractivity contribution in [2.75, 3.05) is 13.7 Å². The van der Waals surface area contributed by atoms with Crippen LogP contribution in [-0.2, 0) is 20.9 Å². The van der Waals surface area contributed by atoms with Gasteiger partial charge in [-0.05, 0) is 31.6 Å². The van der Waals surface area contributed by atoms with E-state index >= 15 is 0 Å². The fourth-order valence-electron chi connectivity index (χ4n) is 2.50. The Hall–Kier alpha value is -2.60. The van der Waals surface area contributed by atoms with Gasteiger partial charge in [-0.3, -0.25) is 14.3 Å². The molecule has 2 rings (SSSR count). The predicted molar refractivity (Wildman–Crippen MR) is 101 cm³/mol. The highest BCUT2D eigenvalue weighted by atomic mass is 35.5. The van der Waals surface area contributed by atoms with E-state index in [9.17, 15) is 9.59 Å². The highest BCUT2D eigenvalue weighted by Crippen LogP contribution is 2.20. The van der Waals surface area contributed by atoms with Crippen LogP contribution in [-0.4, -0.2) is 35.3 Å². The van der Waals surface area contributed by atoms with Gasteiger partial charge in [-0.15, -0.1) is 0 Å². The third kappa shape index (κ3) is 5.20. The highest BCUT2D eigenvalue weighted by Gasteiger charge is 2.11. The van der Waals surface area contributed by atoms with Gasteiger partial charge >= 0.3 is 5.97 Å². The molecule has 0 aliphatic rings. The van der Waals surface area contributed by atoms with Gasteiger partial charge < -0.3 is 10.1 Å². The molecule has 1 N–H and O–H groups in total. The number of halogens is 1. The number of aromatic nitrogens is 2. The Bertz CT molecular complexity index is 827. The molecule has 7 heteroatoms. The Morgan fingerprint density at radius 2 is 2.04 bits per heavy atom. The van der Waals surface area contributed by atoms with E-state index in [-0.39, 0.29) is 24.8 Å². The van der Waals surface area contributed by atoms with Crippen molar-refractivity contribution in [3.05, 3.63) is 57.9 Å². The maximum atomic E-state index is 11.9. The van der Waals surface area contributed by atoms with E-state index in [4.69, 9.17) is 11.6 Å². The van der Waals surface area contributed by atoms with E-state index < -0.39 is 0 Å². The largest absolute Gasteiger partial charge is 0.469 e. The van der Waals surface area contributed by atoms with Gasteiger partial charge in [0.15, 0.2) is 0 Å². The second-order valence-corrected chi connectivity index (χ2v) is 6.19. The van der Waals surface area contributed by atoms with Crippen molar-refractivity contribution < 1.29 is 14.3 Å². The standard InChI is InChI=1S/C19H22ClN3O3/c1-13-16(8-9-18(24)21-11-10-19(25)26-3)14(2)23(22-13)12-15-6-4-5-7-17(15)20/h4-9H,10-12H2,1-3H3,(H,21,24)/b9-8+. The summed E-state index contributed by atoms with van der Waals surface area (Å²) < 4.78 is 6.39. The number of rotatable bonds is 7. The van der Waals surface area contributed by atoms with Crippen molar-refractivity contribution in [1.82, 2.24) is 15.1 Å². The number of carbonyl (C=O) groups excluding carboxylic acids is 2. The molecule has 0 atom stereocenters. The first-order chi connectivity index (χ1) is 12.4. The van der Waals surface area contributed by atoms with E-state index in [1.165, 1.54) is 13.2 Å². The number of amides is 1. The molecular formula is C19H22ClN3O3. The Morgan fingerprint density at radius 1 is 1.31 bits per heavy atom. The number of nitrogens with one attached hydrogen (secondary N) is 1. The molecule has 0 aliphatic heterocycles. The number of hydrogen-bond acceptors (Lipinski definition) is 4. The molecule has 26 heavy (non-hydrogen) atoms. The number of nitrogens with zero attached hydrogens (tertiary/aromatic N) is 2. The van der Waals surface area contributed by atoms with Crippen molar-refractivity contribution in [3.8, 4) is 0 Å². The van der Waals surface area contributed by atoms with Crippen LogP contribution in [0.4, 0.5) is 0 Å². The number of hydrogen-bond donors (Lipinski definition) is 1. The lowest BCUT2D eigenvalue weighted by molar-refractivity contribution is -0.140. The molecule has 0 unspecified atom stereocenters. The van der Waals surface area contributed by atoms with Gasteiger partial charge in [0.05, 0.1) is 25.8 Å². The van der Waals surface area contributed by atoms with E-state index in [0.29, 0.717) is 11.6 Å². The van der Waals surface area contributed by atoms with Crippen LogP contribution in [0.3, 0.4) is 0 Å². The average molecular weight is 376 g/mol. The number of benzene rings is 1. The molecule has 138 valence electrons. The van der Waals surface area contributed by atoms with Crippen molar-refractivity contribution in [2.24, 2.45) is 0 Å². The van der Waals surface area contributed by atoms with Crippen molar-refractivity contribution in [1.29, 1.82) is 0 Å². The summed E-state index contributed by atoms with van der Waals surface area (Å²) in [6.45, 7) is 4.64. The maximum absolute atomic E-state index is 11.9. The summed E-state index contributed by atoms with van der Waals surface area (Å²) in [5.74, 6) is -0.631. The van der Waals surface area contributed by atoms with Crippen LogP contribution in [0.25, 0.3) is 6.08 Å². The van der Waals surface area contributed by atoms with Crippen LogP contribution >= 0.6 is 11.6 Å². The fraction of sp³-hybridized carbons (Fsp3) is 0.316. The number of aryl methyl sites for hydroxylation is 1. The van der Waals surface area contributed by atoms with Gasteiger partial charge in [0.1, 0.15) is 0 Å². The Labute approximate surface area is 157 Å². The van der Waals surface area contributed by atoms with E-state index in [1.54, 1.807) is 6.08 Å². The zero-order chi connectivity index (χ0) is 19.1. The van der Waals surface area contributed by atoms with Crippen molar-refractivity contribution in [3.63, 3.8) is 0 Å². The molecule has 2 aromatic rings. The van der Waals surface area contributed by atoms with Crippen LogP contribution in [0.2, 0.25) is 5.02 Å². The highest BCUT2D eigenvalue weighted by molar-refractivity contribution is 6.31. The zero-order valence-electron chi connectivity index (χ0n) is 15.1. The van der Waals surface area contributed by atoms with Crippen LogP contribution < -0.4 is 5.32 Å². The number of esters is 1. The molecule has 1 aromatic carbocycles. The van der Waals surface area contributed by atoms with Crippen molar-refractivity contribution in [2.45, 2.75) is 26.8 Å². The number of ether oxygens (including phenoxy) is 1. The summed E-state index contributed by atoms with van der Waals surface area (Å²) in [6, 6.07) is 7.64. The first kappa shape index (κ1) is 19.7. The predicted octanol–water partition coefficient (Wildman–Crippen LogP) is 2.89. The quantitative estimate of drug-likeness (QED) is 0.596. The first-order valence-electron chi connectivity index (χ1n) is 8.22. The summed E-state index contributed by atoms with van der Waals surface area (Å²) in [5, 5.41) is 7.87. The van der Waals surface area contributed by atoms with Gasteiger partial charge in [0, 0.05) is 28.9 Å². The smallest absolute Gasteiger partial charge is 0.307 e. The maximum Gasteiger partial charge on any atom is 0.307 e. The van der Waals surface area contributed by atoms with E-state index in [1.807, 2.05) is 42.8 Å². The number of methoxy groups -OCH3 is 1. The van der Waals surface area contributed by atoms with Gasteiger partial charge in [0.2, 0.25) is 5.91 Å². The fourth-order valence-corrected chi connectivity index (χ4v) is 2.70. The van der Waals surface area contributed by atoms with Crippen LogP contribution in [0.15, 0.2) is 30.3 Å². The number of carbonyl (C=O) groups is 2. The summed E-state index contributed by atoms with van der Waals surface area (Å²) in [6.07, 6.45) is 3.31. The molecule has 0 fully saturated rings. The molecule has 1 aromatic heterocycles. The van der Waals surface area contributed by atoms with E-state index in [0.717, 1.165) is 22.5 Å². The SMILES string of the molecule is COC(=O)CCNC(=O)/C=C/c1c(C)nn(Cc2ccccc2Cl)c1C. The topological polar surface area (TPSA) is 73.2 Å². The summed E-state index contributed by atoms with van der Waals surface area (Å²) in [5.41, 5.74) is 3.64. The van der Waals surface area contributed by atoms with E-state index in [2.05, 4.69) is 15.2 Å². The molecule has 0 spiro atoms. The third-order valence-electron chi connectivity index (χ3n) is 3.97. The molecule has 6 nitrogen and oxygen atoms in total. The zero-order valence-corrected chi connectivity index (χ0v) is 15.8. The molecular weight excluding hydrogens is 354 g/mol. The Kier molecular flexibility index (Phi) is 6.97. The first-order valence-corrected chi connectivity index (χ1v) is 8.60. The lowest BCUT2D eigenvalue weighted by Gasteiger charge is -2.06.